The highest BCUT2D eigenvalue weighted by Crippen LogP contribution is 2.09. The molecule has 0 fully saturated rings. The van der Waals surface area contributed by atoms with Crippen LogP contribution in [0, 0.1) is 0 Å². The van der Waals surface area contributed by atoms with Crippen molar-refractivity contribution in [2.75, 3.05) is 7.05 Å². The lowest BCUT2D eigenvalue weighted by Gasteiger charge is -2.17. The zero-order valence-electron chi connectivity index (χ0n) is 15.1. The Balaban J connectivity index is 1.75. The molecule has 1 aromatic heterocycles. The maximum absolute atomic E-state index is 12.7. The lowest BCUT2D eigenvalue weighted by Crippen LogP contribution is -2.34. The molecule has 3 rings (SSSR count). The van der Waals surface area contributed by atoms with Crippen LogP contribution in [0.5, 0.6) is 0 Å². The number of tetrazole rings is 1. The number of rotatable bonds is 7. The highest BCUT2D eigenvalue weighted by Gasteiger charge is 2.20. The van der Waals surface area contributed by atoms with Gasteiger partial charge in [0.25, 0.3) is 5.91 Å². The van der Waals surface area contributed by atoms with E-state index < -0.39 is 7.12 Å². The van der Waals surface area contributed by atoms with Crippen molar-refractivity contribution in [2.45, 2.75) is 13.1 Å². The van der Waals surface area contributed by atoms with E-state index in [0.29, 0.717) is 18.7 Å². The summed E-state index contributed by atoms with van der Waals surface area (Å²) >= 11 is 0. The van der Waals surface area contributed by atoms with E-state index in [2.05, 4.69) is 15.5 Å². The lowest BCUT2D eigenvalue weighted by molar-refractivity contribution is 0.0779. The first-order valence-corrected chi connectivity index (χ1v) is 8.49. The number of amides is 1. The van der Waals surface area contributed by atoms with Gasteiger partial charge in [0.1, 0.15) is 6.29 Å². The van der Waals surface area contributed by atoms with Crippen LogP contribution in [0.15, 0.2) is 48.5 Å². The summed E-state index contributed by atoms with van der Waals surface area (Å²) < 4.78 is 1.61. The van der Waals surface area contributed by atoms with Gasteiger partial charge >= 0.3 is 7.12 Å². The quantitative estimate of drug-likeness (QED) is 0.419. The molecule has 2 N–H and O–H groups in total. The maximum atomic E-state index is 12.7. The molecule has 2 aromatic carbocycles. The summed E-state index contributed by atoms with van der Waals surface area (Å²) in [5.41, 5.74) is 1.36. The van der Waals surface area contributed by atoms with E-state index in [1.807, 2.05) is 30.3 Å². The maximum Gasteiger partial charge on any atom is 0.489 e. The van der Waals surface area contributed by atoms with E-state index in [9.17, 15) is 19.6 Å². The molecule has 0 bridgehead atoms. The van der Waals surface area contributed by atoms with Gasteiger partial charge in [0.15, 0.2) is 5.82 Å². The van der Waals surface area contributed by atoms with E-state index in [0.717, 1.165) is 5.56 Å². The number of carbonyl (C=O) groups excluding carboxylic acids is 2. The second kappa shape index (κ2) is 8.55. The third-order valence-corrected chi connectivity index (χ3v) is 4.25. The molecule has 0 aliphatic carbocycles. The number of hydrogen-bond donors (Lipinski definition) is 2. The van der Waals surface area contributed by atoms with E-state index in [-0.39, 0.29) is 29.0 Å². The summed E-state index contributed by atoms with van der Waals surface area (Å²) in [5, 5.41) is 30.2. The van der Waals surface area contributed by atoms with Gasteiger partial charge in [-0.05, 0) is 33.6 Å². The molecule has 142 valence electrons. The topological polar surface area (TPSA) is 121 Å². The number of hydrogen-bond acceptors (Lipinski definition) is 7. The summed E-state index contributed by atoms with van der Waals surface area (Å²) in [6, 6.07) is 13.8. The summed E-state index contributed by atoms with van der Waals surface area (Å²) in [4.78, 5) is 25.3. The Morgan fingerprint density at radius 3 is 2.64 bits per heavy atom. The number of carbonyl (C=O) groups is 2. The standard InChI is InChI=1S/C18H18BN5O4/c1-23(18(26)14-7-8-16(19(27)28)15(9-14)12-25)11-17-20-21-22-24(17)10-13-5-3-2-4-6-13/h2-9,12,27-28H,10-11H2,1H3. The molecule has 0 saturated heterocycles. The normalized spacial score (nSPS) is 10.5. The minimum atomic E-state index is -1.79. The fourth-order valence-electron chi connectivity index (χ4n) is 2.76. The summed E-state index contributed by atoms with van der Waals surface area (Å²) in [7, 11) is -0.191. The van der Waals surface area contributed by atoms with Crippen LogP contribution in [0.25, 0.3) is 0 Å². The van der Waals surface area contributed by atoms with E-state index in [4.69, 9.17) is 0 Å². The van der Waals surface area contributed by atoms with Gasteiger partial charge in [-0.25, -0.2) is 4.68 Å². The largest absolute Gasteiger partial charge is 0.489 e. The summed E-state index contributed by atoms with van der Waals surface area (Å²) in [5.74, 6) is 0.161. The Labute approximate surface area is 161 Å². The molecule has 0 radical (unpaired) electrons. The Kier molecular flexibility index (Phi) is 5.92. The first-order valence-electron chi connectivity index (χ1n) is 8.49. The zero-order chi connectivity index (χ0) is 20.1. The molecule has 0 unspecified atom stereocenters. The van der Waals surface area contributed by atoms with Crippen molar-refractivity contribution < 1.29 is 19.6 Å². The Bertz CT molecular complexity index is 977. The molecular formula is C18H18BN5O4. The van der Waals surface area contributed by atoms with Gasteiger partial charge in [-0.3, -0.25) is 9.59 Å². The average Bonchev–Trinajstić information content (AvgIpc) is 3.13. The molecule has 28 heavy (non-hydrogen) atoms. The Morgan fingerprint density at radius 1 is 1.21 bits per heavy atom. The molecule has 10 heteroatoms. The van der Waals surface area contributed by atoms with Crippen molar-refractivity contribution in [2.24, 2.45) is 0 Å². The van der Waals surface area contributed by atoms with Crippen LogP contribution in [-0.4, -0.2) is 61.5 Å². The number of benzene rings is 2. The van der Waals surface area contributed by atoms with Crippen molar-refractivity contribution in [1.82, 2.24) is 25.1 Å². The minimum Gasteiger partial charge on any atom is -0.423 e. The smallest absolute Gasteiger partial charge is 0.423 e. The molecule has 0 aliphatic rings. The summed E-state index contributed by atoms with van der Waals surface area (Å²) in [6.07, 6.45) is 0.478. The Morgan fingerprint density at radius 2 is 1.96 bits per heavy atom. The fourth-order valence-corrected chi connectivity index (χ4v) is 2.76. The van der Waals surface area contributed by atoms with Crippen LogP contribution >= 0.6 is 0 Å². The van der Waals surface area contributed by atoms with Crippen LogP contribution in [0.1, 0.15) is 32.1 Å². The molecule has 1 amide bonds. The van der Waals surface area contributed by atoms with Gasteiger partial charge in [-0.2, -0.15) is 0 Å². The number of aldehydes is 1. The first kappa shape index (κ1) is 19.4. The first-order chi connectivity index (χ1) is 13.5. The third-order valence-electron chi connectivity index (χ3n) is 4.25. The van der Waals surface area contributed by atoms with E-state index in [1.165, 1.54) is 23.1 Å². The monoisotopic (exact) mass is 379 g/mol. The van der Waals surface area contributed by atoms with Crippen LogP contribution < -0.4 is 5.46 Å². The second-order valence-electron chi connectivity index (χ2n) is 6.23. The molecule has 3 aromatic rings. The van der Waals surface area contributed by atoms with Gasteiger partial charge in [-0.15, -0.1) is 5.10 Å². The SMILES string of the molecule is CN(Cc1nnnn1Cc1ccccc1)C(=O)c1ccc(B(O)O)c(C=O)c1. The Hall–Kier alpha value is -3.37. The lowest BCUT2D eigenvalue weighted by atomic mass is 9.77. The van der Waals surface area contributed by atoms with Crippen molar-refractivity contribution >= 4 is 24.8 Å². The predicted octanol–water partition coefficient (Wildman–Crippen LogP) is -0.514. The molecule has 0 saturated carbocycles. The highest BCUT2D eigenvalue weighted by atomic mass is 16.4. The second-order valence-corrected chi connectivity index (χ2v) is 6.23. The van der Waals surface area contributed by atoms with Gasteiger partial charge in [0, 0.05) is 18.2 Å². The summed E-state index contributed by atoms with van der Waals surface area (Å²) in [6.45, 7) is 0.642. The minimum absolute atomic E-state index is 0.0426. The molecule has 9 nitrogen and oxygen atoms in total. The van der Waals surface area contributed by atoms with Crippen LogP contribution in [0.4, 0.5) is 0 Å². The van der Waals surface area contributed by atoms with Gasteiger partial charge in [-0.1, -0.05) is 36.4 Å². The molecule has 0 atom stereocenters. The van der Waals surface area contributed by atoms with Gasteiger partial charge < -0.3 is 14.9 Å². The van der Waals surface area contributed by atoms with Crippen LogP contribution in [0.3, 0.4) is 0 Å². The molecule has 0 spiro atoms. The number of aromatic nitrogens is 4. The van der Waals surface area contributed by atoms with E-state index >= 15 is 0 Å². The van der Waals surface area contributed by atoms with Gasteiger partial charge in [0.2, 0.25) is 0 Å². The van der Waals surface area contributed by atoms with Crippen molar-refractivity contribution in [3.05, 3.63) is 71.0 Å². The van der Waals surface area contributed by atoms with Crippen LogP contribution in [0.2, 0.25) is 0 Å². The van der Waals surface area contributed by atoms with Crippen molar-refractivity contribution in [3.63, 3.8) is 0 Å². The molecular weight excluding hydrogens is 361 g/mol. The average molecular weight is 379 g/mol. The van der Waals surface area contributed by atoms with Crippen LogP contribution in [-0.2, 0) is 13.1 Å². The van der Waals surface area contributed by atoms with Crippen molar-refractivity contribution in [3.8, 4) is 0 Å². The number of nitrogens with zero attached hydrogens (tertiary/aromatic N) is 5. The molecule has 0 aliphatic heterocycles. The zero-order valence-corrected chi connectivity index (χ0v) is 15.1. The van der Waals surface area contributed by atoms with E-state index in [1.54, 1.807) is 11.7 Å². The third kappa shape index (κ3) is 4.30. The van der Waals surface area contributed by atoms with Gasteiger partial charge in [0.05, 0.1) is 13.1 Å². The fraction of sp³-hybridized carbons (Fsp3) is 0.167. The highest BCUT2D eigenvalue weighted by molar-refractivity contribution is 6.60. The van der Waals surface area contributed by atoms with Crippen molar-refractivity contribution in [1.29, 1.82) is 0 Å². The molecule has 1 heterocycles. The predicted molar refractivity (Wildman–Crippen MR) is 101 cm³/mol.